The molecule has 150 valence electrons. The van der Waals surface area contributed by atoms with E-state index in [1.807, 2.05) is 36.9 Å². The van der Waals surface area contributed by atoms with Crippen molar-refractivity contribution in [3.05, 3.63) is 57.6 Å². The number of piperidine rings is 1. The highest BCUT2D eigenvalue weighted by molar-refractivity contribution is 7.90. The molecule has 1 aliphatic rings. The maximum Gasteiger partial charge on any atom is 0.288 e. The Balaban J connectivity index is 1.74. The van der Waals surface area contributed by atoms with Crippen LogP contribution in [-0.2, 0) is 9.84 Å². The summed E-state index contributed by atoms with van der Waals surface area (Å²) in [6, 6.07) is 10.3. The van der Waals surface area contributed by atoms with Gasteiger partial charge < -0.3 is 9.64 Å². The van der Waals surface area contributed by atoms with Gasteiger partial charge in [0.1, 0.15) is 16.7 Å². The van der Waals surface area contributed by atoms with Crippen molar-refractivity contribution in [1.82, 2.24) is 0 Å². The summed E-state index contributed by atoms with van der Waals surface area (Å²) in [6.07, 6.45) is 2.66. The zero-order valence-electron chi connectivity index (χ0n) is 16.2. The minimum atomic E-state index is -3.69. The van der Waals surface area contributed by atoms with Gasteiger partial charge in [0.05, 0.1) is 4.92 Å². The Morgan fingerprint density at radius 1 is 1.11 bits per heavy atom. The van der Waals surface area contributed by atoms with E-state index in [1.54, 1.807) is 6.07 Å². The van der Waals surface area contributed by atoms with Crippen molar-refractivity contribution < 1.29 is 18.1 Å². The van der Waals surface area contributed by atoms with Crippen LogP contribution in [0.25, 0.3) is 0 Å². The van der Waals surface area contributed by atoms with Crippen LogP contribution in [0.2, 0.25) is 0 Å². The third-order valence-corrected chi connectivity index (χ3v) is 6.17. The van der Waals surface area contributed by atoms with Crippen LogP contribution in [0.4, 0.5) is 11.4 Å². The molecule has 0 unspecified atom stereocenters. The van der Waals surface area contributed by atoms with Crippen molar-refractivity contribution in [3.63, 3.8) is 0 Å². The highest BCUT2D eigenvalue weighted by Gasteiger charge is 2.26. The number of para-hydroxylation sites is 1. The van der Waals surface area contributed by atoms with Crippen molar-refractivity contribution in [1.29, 1.82) is 0 Å². The smallest absolute Gasteiger partial charge is 0.288 e. The van der Waals surface area contributed by atoms with E-state index in [-0.39, 0.29) is 16.7 Å². The van der Waals surface area contributed by atoms with E-state index in [1.165, 1.54) is 12.1 Å². The van der Waals surface area contributed by atoms with Gasteiger partial charge in [0.2, 0.25) is 0 Å². The lowest BCUT2D eigenvalue weighted by molar-refractivity contribution is -0.387. The standard InChI is InChI=1S/C20H24N2O5S/c1-14-5-4-6-15(2)20(14)27-17-9-11-21(12-10-17)16-7-8-18(22(23)24)19(13-16)28(3,25)26/h4-8,13,17H,9-12H2,1-3H3. The Bertz CT molecular complexity index is 975. The van der Waals surface area contributed by atoms with Gasteiger partial charge >= 0.3 is 0 Å². The molecule has 7 nitrogen and oxygen atoms in total. The van der Waals surface area contributed by atoms with Crippen LogP contribution < -0.4 is 9.64 Å². The van der Waals surface area contributed by atoms with E-state index in [9.17, 15) is 18.5 Å². The molecule has 3 rings (SSSR count). The predicted octanol–water partition coefficient (Wildman–Crippen LogP) is 3.66. The quantitative estimate of drug-likeness (QED) is 0.558. The van der Waals surface area contributed by atoms with Crippen LogP contribution in [0.5, 0.6) is 5.75 Å². The Hall–Kier alpha value is -2.61. The lowest BCUT2D eigenvalue weighted by atomic mass is 10.1. The van der Waals surface area contributed by atoms with E-state index >= 15 is 0 Å². The van der Waals surface area contributed by atoms with Gasteiger partial charge in [-0.1, -0.05) is 18.2 Å². The van der Waals surface area contributed by atoms with E-state index in [2.05, 4.69) is 0 Å². The Morgan fingerprint density at radius 3 is 2.25 bits per heavy atom. The SMILES string of the molecule is Cc1cccc(C)c1OC1CCN(c2ccc([N+](=O)[O-])c(S(C)(=O)=O)c2)CC1. The number of hydrogen-bond acceptors (Lipinski definition) is 6. The molecule has 8 heteroatoms. The summed E-state index contributed by atoms with van der Waals surface area (Å²) in [4.78, 5) is 12.3. The number of hydrogen-bond donors (Lipinski definition) is 0. The minimum absolute atomic E-state index is 0.0866. The Morgan fingerprint density at radius 2 is 1.71 bits per heavy atom. The van der Waals surface area contributed by atoms with Crippen LogP contribution in [0.1, 0.15) is 24.0 Å². The summed E-state index contributed by atoms with van der Waals surface area (Å²) >= 11 is 0. The van der Waals surface area contributed by atoms with E-state index in [4.69, 9.17) is 4.74 Å². The summed E-state index contributed by atoms with van der Waals surface area (Å²) in [5.41, 5.74) is 2.50. The van der Waals surface area contributed by atoms with Gasteiger partial charge in [-0.15, -0.1) is 0 Å². The third kappa shape index (κ3) is 4.27. The summed E-state index contributed by atoms with van der Waals surface area (Å²) < 4.78 is 30.2. The molecule has 28 heavy (non-hydrogen) atoms. The van der Waals surface area contributed by atoms with E-state index < -0.39 is 14.8 Å². The van der Waals surface area contributed by atoms with Gasteiger partial charge in [0, 0.05) is 43.9 Å². The fraction of sp³-hybridized carbons (Fsp3) is 0.400. The molecule has 1 aliphatic heterocycles. The van der Waals surface area contributed by atoms with Crippen molar-refractivity contribution in [2.24, 2.45) is 0 Å². The minimum Gasteiger partial charge on any atom is -0.490 e. The number of rotatable bonds is 5. The maximum absolute atomic E-state index is 12.0. The van der Waals surface area contributed by atoms with Crippen LogP contribution in [0.3, 0.4) is 0 Å². The number of nitrogens with zero attached hydrogens (tertiary/aromatic N) is 2. The normalized spacial score (nSPS) is 15.5. The second kappa shape index (κ2) is 7.79. The second-order valence-electron chi connectivity index (χ2n) is 7.21. The largest absolute Gasteiger partial charge is 0.490 e. The lowest BCUT2D eigenvalue weighted by Gasteiger charge is -2.34. The molecule has 0 aromatic heterocycles. The number of nitro benzene ring substituents is 1. The van der Waals surface area contributed by atoms with Gasteiger partial charge in [0.25, 0.3) is 5.69 Å². The summed E-state index contributed by atoms with van der Waals surface area (Å²) in [5, 5.41) is 11.1. The highest BCUT2D eigenvalue weighted by Crippen LogP contribution is 2.31. The fourth-order valence-corrected chi connectivity index (χ4v) is 4.39. The first kappa shape index (κ1) is 20.1. The first-order chi connectivity index (χ1) is 13.2. The first-order valence-electron chi connectivity index (χ1n) is 9.13. The second-order valence-corrected chi connectivity index (χ2v) is 9.19. The number of benzene rings is 2. The van der Waals surface area contributed by atoms with Crippen LogP contribution in [0.15, 0.2) is 41.3 Å². The zero-order valence-corrected chi connectivity index (χ0v) is 17.0. The molecule has 1 heterocycles. The maximum atomic E-state index is 12.0. The molecule has 1 fully saturated rings. The lowest BCUT2D eigenvalue weighted by Crippen LogP contribution is -2.38. The molecular weight excluding hydrogens is 380 g/mol. The topological polar surface area (TPSA) is 89.8 Å². The molecule has 1 saturated heterocycles. The molecule has 0 amide bonds. The number of anilines is 1. The van der Waals surface area contributed by atoms with Crippen molar-refractivity contribution in [2.45, 2.75) is 37.7 Å². The van der Waals surface area contributed by atoms with E-state index in [0.717, 1.165) is 36.0 Å². The Kier molecular flexibility index (Phi) is 5.60. The third-order valence-electron chi connectivity index (χ3n) is 5.04. The van der Waals surface area contributed by atoms with Crippen molar-refractivity contribution >= 4 is 21.2 Å². The van der Waals surface area contributed by atoms with Gasteiger partial charge in [-0.2, -0.15) is 0 Å². The van der Waals surface area contributed by atoms with Crippen LogP contribution in [0, 0.1) is 24.0 Å². The summed E-state index contributed by atoms with van der Waals surface area (Å²) in [6.45, 7) is 5.44. The number of ether oxygens (including phenoxy) is 1. The molecule has 0 bridgehead atoms. The first-order valence-corrected chi connectivity index (χ1v) is 11.0. The molecule has 2 aromatic carbocycles. The van der Waals surface area contributed by atoms with Crippen LogP contribution in [-0.4, -0.2) is 38.8 Å². The van der Waals surface area contributed by atoms with E-state index in [0.29, 0.717) is 18.8 Å². The molecule has 0 atom stereocenters. The molecule has 2 aromatic rings. The molecule has 0 spiro atoms. The van der Waals surface area contributed by atoms with Crippen LogP contribution >= 0.6 is 0 Å². The monoisotopic (exact) mass is 404 g/mol. The molecule has 0 saturated carbocycles. The average Bonchev–Trinajstić information content (AvgIpc) is 2.64. The Labute approximate surface area is 165 Å². The highest BCUT2D eigenvalue weighted by atomic mass is 32.2. The molecule has 0 N–H and O–H groups in total. The fourth-order valence-electron chi connectivity index (χ4n) is 3.53. The number of aryl methyl sites for hydroxylation is 2. The molecule has 0 radical (unpaired) electrons. The van der Waals surface area contributed by atoms with Gasteiger partial charge in [-0.25, -0.2) is 8.42 Å². The summed E-state index contributed by atoms with van der Waals surface area (Å²) in [7, 11) is -3.69. The van der Waals surface area contributed by atoms with Crippen molar-refractivity contribution in [2.75, 3.05) is 24.2 Å². The average molecular weight is 404 g/mol. The van der Waals surface area contributed by atoms with Crippen molar-refractivity contribution in [3.8, 4) is 5.75 Å². The molecular formula is C20H24N2O5S. The number of sulfone groups is 1. The molecule has 0 aliphatic carbocycles. The zero-order chi connectivity index (χ0) is 20.5. The van der Waals surface area contributed by atoms with Gasteiger partial charge in [-0.3, -0.25) is 10.1 Å². The summed E-state index contributed by atoms with van der Waals surface area (Å²) in [5.74, 6) is 0.927. The number of nitro groups is 1. The predicted molar refractivity (Wildman–Crippen MR) is 108 cm³/mol. The van der Waals surface area contributed by atoms with Gasteiger partial charge in [-0.05, 0) is 37.1 Å². The van der Waals surface area contributed by atoms with Gasteiger partial charge in [0.15, 0.2) is 9.84 Å².